The van der Waals surface area contributed by atoms with Crippen molar-refractivity contribution in [2.75, 3.05) is 0 Å². The predicted molar refractivity (Wildman–Crippen MR) is 126 cm³/mol. The third-order valence-electron chi connectivity index (χ3n) is 5.22. The minimum absolute atomic E-state index is 0.242. The van der Waals surface area contributed by atoms with Crippen molar-refractivity contribution in [3.05, 3.63) is 83.7 Å². The molecular weight excluding hydrogens is 418 g/mol. The van der Waals surface area contributed by atoms with Crippen molar-refractivity contribution in [2.24, 2.45) is 11.7 Å². The third-order valence-corrected chi connectivity index (χ3v) is 5.22. The Morgan fingerprint density at radius 3 is 2.27 bits per heavy atom. The summed E-state index contributed by atoms with van der Waals surface area (Å²) in [6.07, 6.45) is 4.48. The van der Waals surface area contributed by atoms with Gasteiger partial charge in [-0.15, -0.1) is 0 Å². The first kappa shape index (κ1) is 23.7. The number of para-hydroxylation sites is 1. The number of nitrogens with two attached hydrogens (primary N) is 1. The molecule has 0 saturated heterocycles. The number of primary amides is 1. The fourth-order valence-corrected chi connectivity index (χ4v) is 3.25. The van der Waals surface area contributed by atoms with Crippen LogP contribution in [0.4, 0.5) is 0 Å². The molecule has 1 heterocycles. The number of benzene rings is 2. The van der Waals surface area contributed by atoms with Crippen LogP contribution in [0.25, 0.3) is 5.69 Å². The van der Waals surface area contributed by atoms with Gasteiger partial charge in [-0.25, -0.2) is 4.68 Å². The molecule has 4 N–H and O–H groups in total. The molecule has 0 spiro atoms. The van der Waals surface area contributed by atoms with Gasteiger partial charge in [-0.1, -0.05) is 44.2 Å². The summed E-state index contributed by atoms with van der Waals surface area (Å²) in [5.41, 5.74) is 8.00. The topological polar surface area (TPSA) is 119 Å². The lowest BCUT2D eigenvalue weighted by Gasteiger charge is -2.16. The molecule has 8 nitrogen and oxygen atoms in total. The quantitative estimate of drug-likeness (QED) is 0.443. The number of aromatic nitrogens is 2. The van der Waals surface area contributed by atoms with Crippen molar-refractivity contribution >= 4 is 17.7 Å². The molecule has 0 unspecified atom stereocenters. The monoisotopic (exact) mass is 447 g/mol. The lowest BCUT2D eigenvalue weighted by Crippen LogP contribution is -2.44. The largest absolute Gasteiger partial charge is 0.368 e. The van der Waals surface area contributed by atoms with Gasteiger partial charge >= 0.3 is 0 Å². The van der Waals surface area contributed by atoms with E-state index in [1.807, 2.05) is 44.2 Å². The van der Waals surface area contributed by atoms with Crippen LogP contribution in [0.3, 0.4) is 0 Å². The average Bonchev–Trinajstić information content (AvgIpc) is 3.31. The van der Waals surface area contributed by atoms with E-state index in [0.717, 1.165) is 17.7 Å². The Bertz CT molecular complexity index is 1090. The van der Waals surface area contributed by atoms with Gasteiger partial charge in [-0.3, -0.25) is 14.4 Å². The molecule has 8 heteroatoms. The fourth-order valence-electron chi connectivity index (χ4n) is 3.25. The van der Waals surface area contributed by atoms with Crippen molar-refractivity contribution in [2.45, 2.75) is 39.3 Å². The minimum Gasteiger partial charge on any atom is -0.368 e. The van der Waals surface area contributed by atoms with E-state index in [-0.39, 0.29) is 11.8 Å². The van der Waals surface area contributed by atoms with Crippen LogP contribution in [0.1, 0.15) is 53.0 Å². The molecule has 0 bridgehead atoms. The van der Waals surface area contributed by atoms with Gasteiger partial charge in [0.25, 0.3) is 11.8 Å². The van der Waals surface area contributed by atoms with E-state index in [1.54, 1.807) is 35.1 Å². The summed E-state index contributed by atoms with van der Waals surface area (Å²) in [6, 6.07) is 15.7. The van der Waals surface area contributed by atoms with Crippen LogP contribution in [-0.4, -0.2) is 33.5 Å². The van der Waals surface area contributed by atoms with Gasteiger partial charge in [-0.2, -0.15) is 5.10 Å². The number of carbonyl (C=O) groups excluding carboxylic acids is 3. The number of hydrogen-bond donors (Lipinski definition) is 3. The minimum atomic E-state index is -0.698. The average molecular weight is 448 g/mol. The van der Waals surface area contributed by atoms with Crippen LogP contribution in [-0.2, 0) is 11.3 Å². The van der Waals surface area contributed by atoms with E-state index >= 15 is 0 Å². The Hall–Kier alpha value is -3.94. The third kappa shape index (κ3) is 6.77. The maximum Gasteiger partial charge on any atom is 0.254 e. The summed E-state index contributed by atoms with van der Waals surface area (Å²) in [5, 5.41) is 9.78. The van der Waals surface area contributed by atoms with E-state index in [2.05, 4.69) is 15.7 Å². The molecule has 0 aliphatic carbocycles. The Labute approximate surface area is 193 Å². The highest BCUT2D eigenvalue weighted by Crippen LogP contribution is 2.10. The zero-order valence-electron chi connectivity index (χ0n) is 18.8. The van der Waals surface area contributed by atoms with Crippen LogP contribution in [0.5, 0.6) is 0 Å². The molecule has 3 aromatic rings. The van der Waals surface area contributed by atoms with E-state index in [1.165, 1.54) is 6.20 Å². The first-order chi connectivity index (χ1) is 15.8. The number of amides is 3. The first-order valence-electron chi connectivity index (χ1n) is 10.9. The highest BCUT2D eigenvalue weighted by molar-refractivity contribution is 5.97. The van der Waals surface area contributed by atoms with Gasteiger partial charge in [0.2, 0.25) is 5.91 Å². The van der Waals surface area contributed by atoms with Crippen molar-refractivity contribution in [1.82, 2.24) is 20.4 Å². The van der Waals surface area contributed by atoms with Crippen molar-refractivity contribution in [3.8, 4) is 5.69 Å². The highest BCUT2D eigenvalue weighted by atomic mass is 16.2. The van der Waals surface area contributed by atoms with Crippen LogP contribution >= 0.6 is 0 Å². The fraction of sp³-hybridized carbons (Fsp3) is 0.280. The maximum atomic E-state index is 12.5. The van der Waals surface area contributed by atoms with Crippen LogP contribution in [0.15, 0.2) is 67.0 Å². The zero-order valence-corrected chi connectivity index (χ0v) is 18.8. The molecule has 1 aromatic heterocycles. The SMILES string of the molecule is CC(C)CC[C@H](NC(=O)c1ccc(CNC(=O)c2cnn(-c3ccccc3)c2)cc1)C(N)=O. The molecule has 0 aliphatic rings. The van der Waals surface area contributed by atoms with Crippen LogP contribution in [0, 0.1) is 5.92 Å². The molecule has 0 fully saturated rings. The first-order valence-corrected chi connectivity index (χ1v) is 10.9. The van der Waals surface area contributed by atoms with Gasteiger partial charge in [0.05, 0.1) is 17.4 Å². The highest BCUT2D eigenvalue weighted by Gasteiger charge is 2.19. The molecule has 0 saturated carbocycles. The lowest BCUT2D eigenvalue weighted by molar-refractivity contribution is -0.120. The van der Waals surface area contributed by atoms with Crippen molar-refractivity contribution in [1.29, 1.82) is 0 Å². The molecular formula is C25H29N5O3. The summed E-state index contributed by atoms with van der Waals surface area (Å²) >= 11 is 0. The van der Waals surface area contributed by atoms with Crippen LogP contribution in [0.2, 0.25) is 0 Å². The molecule has 2 aromatic carbocycles. The van der Waals surface area contributed by atoms with Gasteiger partial charge in [0, 0.05) is 18.3 Å². The summed E-state index contributed by atoms with van der Waals surface area (Å²) in [5.74, 6) is -0.732. The van der Waals surface area contributed by atoms with Crippen molar-refractivity contribution < 1.29 is 14.4 Å². The smallest absolute Gasteiger partial charge is 0.254 e. The Morgan fingerprint density at radius 1 is 0.939 bits per heavy atom. The predicted octanol–water partition coefficient (Wildman–Crippen LogP) is 2.82. The molecule has 3 amide bonds. The number of nitrogens with one attached hydrogen (secondary N) is 2. The van der Waals surface area contributed by atoms with Crippen LogP contribution < -0.4 is 16.4 Å². The summed E-state index contributed by atoms with van der Waals surface area (Å²) in [4.78, 5) is 36.6. The Balaban J connectivity index is 1.54. The van der Waals surface area contributed by atoms with E-state index < -0.39 is 11.9 Å². The number of hydrogen-bond acceptors (Lipinski definition) is 4. The summed E-state index contributed by atoms with van der Waals surface area (Å²) in [6.45, 7) is 4.40. The lowest BCUT2D eigenvalue weighted by atomic mass is 10.0. The second-order valence-corrected chi connectivity index (χ2v) is 8.29. The Kier molecular flexibility index (Phi) is 7.96. The zero-order chi connectivity index (χ0) is 23.8. The van der Waals surface area contributed by atoms with Crippen molar-refractivity contribution in [3.63, 3.8) is 0 Å². The number of rotatable bonds is 10. The van der Waals surface area contributed by atoms with E-state index in [0.29, 0.717) is 30.0 Å². The van der Waals surface area contributed by atoms with Gasteiger partial charge in [-0.05, 0) is 48.6 Å². The summed E-state index contributed by atoms with van der Waals surface area (Å²) in [7, 11) is 0. The molecule has 0 aliphatic heterocycles. The number of nitrogens with zero attached hydrogens (tertiary/aromatic N) is 2. The second-order valence-electron chi connectivity index (χ2n) is 8.29. The molecule has 3 rings (SSSR count). The summed E-state index contributed by atoms with van der Waals surface area (Å²) < 4.78 is 1.64. The van der Waals surface area contributed by atoms with E-state index in [4.69, 9.17) is 5.73 Å². The Morgan fingerprint density at radius 2 is 1.64 bits per heavy atom. The van der Waals surface area contributed by atoms with Gasteiger partial charge < -0.3 is 16.4 Å². The molecule has 0 radical (unpaired) electrons. The number of carbonyl (C=O) groups is 3. The molecule has 33 heavy (non-hydrogen) atoms. The molecule has 172 valence electrons. The second kappa shape index (κ2) is 11.1. The standard InChI is InChI=1S/C25H29N5O3/c1-17(2)8-13-22(23(26)31)29-25(33)19-11-9-18(10-12-19)14-27-24(32)20-15-28-30(16-20)21-6-4-3-5-7-21/h3-7,9-12,15-17,22H,8,13-14H2,1-2H3,(H2,26,31)(H,27,32)(H,29,33)/t22-/m0/s1. The molecule has 1 atom stereocenters. The van der Waals surface area contributed by atoms with Gasteiger partial charge in [0.15, 0.2) is 0 Å². The normalized spacial score (nSPS) is 11.7. The van der Waals surface area contributed by atoms with E-state index in [9.17, 15) is 14.4 Å². The maximum absolute atomic E-state index is 12.5. The van der Waals surface area contributed by atoms with Gasteiger partial charge in [0.1, 0.15) is 6.04 Å².